The summed E-state index contributed by atoms with van der Waals surface area (Å²) < 4.78 is 6.39. The van der Waals surface area contributed by atoms with Gasteiger partial charge in [0.15, 0.2) is 5.58 Å². The summed E-state index contributed by atoms with van der Waals surface area (Å²) in [5, 5.41) is 12.0. The first-order valence-corrected chi connectivity index (χ1v) is 6.08. The smallest absolute Gasteiger partial charge is 0.408 e. The fourth-order valence-corrected chi connectivity index (χ4v) is 2.08. The van der Waals surface area contributed by atoms with E-state index < -0.39 is 11.2 Å². The van der Waals surface area contributed by atoms with Crippen molar-refractivity contribution in [3.8, 4) is 0 Å². The van der Waals surface area contributed by atoms with E-state index in [9.17, 15) is 14.7 Å². The zero-order valence-electron chi connectivity index (χ0n) is 10.5. The minimum atomic E-state index is -0.614. The average Bonchev–Trinajstić information content (AvgIpc) is 3.15. The van der Waals surface area contributed by atoms with Crippen molar-refractivity contribution >= 4 is 22.7 Å². The lowest BCUT2D eigenvalue weighted by molar-refractivity contribution is -0.122. The van der Waals surface area contributed by atoms with Gasteiger partial charge in [-0.3, -0.25) is 9.36 Å². The molecule has 2 N–H and O–H groups in total. The highest BCUT2D eigenvalue weighted by atomic mass is 16.4. The summed E-state index contributed by atoms with van der Waals surface area (Å²) in [5.74, 6) is -0.615. The minimum Gasteiger partial charge on any atom is -0.408 e. The molecule has 1 saturated carbocycles. The number of aryl methyl sites for hydroxylation is 1. The number of fused-ring (bicyclic) bond motifs is 1. The molecule has 0 aliphatic heterocycles. The molecule has 6 nitrogen and oxygen atoms in total. The van der Waals surface area contributed by atoms with Crippen LogP contribution in [0.3, 0.4) is 0 Å². The average molecular weight is 262 g/mol. The van der Waals surface area contributed by atoms with Gasteiger partial charge < -0.3 is 14.8 Å². The number of anilines is 1. The second-order valence-corrected chi connectivity index (χ2v) is 5.00. The third-order valence-electron chi connectivity index (χ3n) is 3.69. The molecule has 1 aliphatic carbocycles. The van der Waals surface area contributed by atoms with Crippen LogP contribution in [-0.4, -0.2) is 22.2 Å². The second kappa shape index (κ2) is 3.96. The molecule has 1 aromatic carbocycles. The topological polar surface area (TPSA) is 84.5 Å². The van der Waals surface area contributed by atoms with Crippen LogP contribution in [0.15, 0.2) is 27.4 Å². The lowest BCUT2D eigenvalue weighted by Crippen LogP contribution is -2.27. The zero-order chi connectivity index (χ0) is 13.6. The number of carbonyl (C=O) groups excluding carboxylic acids is 1. The normalized spacial score (nSPS) is 16.5. The molecule has 2 aromatic rings. The van der Waals surface area contributed by atoms with Crippen molar-refractivity contribution < 1.29 is 14.3 Å². The second-order valence-electron chi connectivity index (χ2n) is 5.00. The standard InChI is InChI=1S/C13H14N2O4/c1-15-9-6-8(2-3-10(9)19-12(15)18)14-11(17)13(7-16)4-5-13/h2-3,6,16H,4-5,7H2,1H3,(H,14,17). The van der Waals surface area contributed by atoms with Gasteiger partial charge in [0.25, 0.3) is 0 Å². The Hall–Kier alpha value is -2.08. The molecule has 0 radical (unpaired) electrons. The van der Waals surface area contributed by atoms with Gasteiger partial charge in [-0.2, -0.15) is 0 Å². The van der Waals surface area contributed by atoms with Crippen LogP contribution in [0, 0.1) is 5.41 Å². The number of nitrogens with zero attached hydrogens (tertiary/aromatic N) is 1. The van der Waals surface area contributed by atoms with E-state index in [-0.39, 0.29) is 12.5 Å². The van der Waals surface area contributed by atoms with E-state index in [1.54, 1.807) is 25.2 Å². The number of aromatic nitrogens is 1. The van der Waals surface area contributed by atoms with Crippen molar-refractivity contribution in [2.24, 2.45) is 12.5 Å². The molecule has 1 aromatic heterocycles. The van der Waals surface area contributed by atoms with E-state index in [0.29, 0.717) is 29.6 Å². The molecule has 100 valence electrons. The van der Waals surface area contributed by atoms with Gasteiger partial charge in [0.2, 0.25) is 5.91 Å². The Morgan fingerprint density at radius 3 is 2.89 bits per heavy atom. The first-order valence-electron chi connectivity index (χ1n) is 6.08. The van der Waals surface area contributed by atoms with Gasteiger partial charge in [0.05, 0.1) is 17.5 Å². The molecule has 3 rings (SSSR count). The molecule has 19 heavy (non-hydrogen) atoms. The number of carbonyl (C=O) groups is 1. The first kappa shape index (κ1) is 12.0. The van der Waals surface area contributed by atoms with Gasteiger partial charge in [-0.1, -0.05) is 0 Å². The van der Waals surface area contributed by atoms with Crippen molar-refractivity contribution in [2.75, 3.05) is 11.9 Å². The van der Waals surface area contributed by atoms with Gasteiger partial charge in [0.1, 0.15) is 0 Å². The van der Waals surface area contributed by atoms with E-state index in [4.69, 9.17) is 4.42 Å². The number of oxazole rings is 1. The van der Waals surface area contributed by atoms with E-state index in [1.165, 1.54) is 4.57 Å². The fraction of sp³-hybridized carbons (Fsp3) is 0.385. The Balaban J connectivity index is 1.91. The van der Waals surface area contributed by atoms with Gasteiger partial charge in [0, 0.05) is 12.7 Å². The van der Waals surface area contributed by atoms with Crippen LogP contribution in [0.5, 0.6) is 0 Å². The molecule has 6 heteroatoms. The minimum absolute atomic E-state index is 0.134. The van der Waals surface area contributed by atoms with Gasteiger partial charge in [-0.25, -0.2) is 4.79 Å². The lowest BCUT2D eigenvalue weighted by atomic mass is 10.1. The van der Waals surface area contributed by atoms with Crippen LogP contribution in [0.25, 0.3) is 11.1 Å². The highest BCUT2D eigenvalue weighted by molar-refractivity contribution is 5.98. The van der Waals surface area contributed by atoms with Crippen LogP contribution < -0.4 is 11.1 Å². The summed E-state index contributed by atoms with van der Waals surface area (Å²) in [6, 6.07) is 5.01. The summed E-state index contributed by atoms with van der Waals surface area (Å²) in [7, 11) is 1.61. The zero-order valence-corrected chi connectivity index (χ0v) is 10.5. The van der Waals surface area contributed by atoms with Crippen molar-refractivity contribution in [3.63, 3.8) is 0 Å². The summed E-state index contributed by atoms with van der Waals surface area (Å²) >= 11 is 0. The van der Waals surface area contributed by atoms with E-state index >= 15 is 0 Å². The molecule has 1 amide bonds. The van der Waals surface area contributed by atoms with Gasteiger partial charge >= 0.3 is 5.76 Å². The van der Waals surface area contributed by atoms with E-state index in [1.807, 2.05) is 0 Å². The van der Waals surface area contributed by atoms with Crippen LogP contribution in [-0.2, 0) is 11.8 Å². The molecule has 1 fully saturated rings. The Morgan fingerprint density at radius 1 is 1.53 bits per heavy atom. The predicted octanol–water partition coefficient (Wildman–Crippen LogP) is 0.842. The highest BCUT2D eigenvalue weighted by Gasteiger charge is 2.49. The third kappa shape index (κ3) is 1.84. The fourth-order valence-electron chi connectivity index (χ4n) is 2.08. The summed E-state index contributed by atoms with van der Waals surface area (Å²) in [4.78, 5) is 23.4. The molecular weight excluding hydrogens is 248 g/mol. The number of aliphatic hydroxyl groups excluding tert-OH is 1. The highest BCUT2D eigenvalue weighted by Crippen LogP contribution is 2.45. The van der Waals surface area contributed by atoms with Crippen LogP contribution in [0.2, 0.25) is 0 Å². The number of rotatable bonds is 3. The van der Waals surface area contributed by atoms with Crippen molar-refractivity contribution in [3.05, 3.63) is 28.7 Å². The maximum absolute atomic E-state index is 12.0. The van der Waals surface area contributed by atoms with Crippen LogP contribution in [0.4, 0.5) is 5.69 Å². The number of hydrogen-bond donors (Lipinski definition) is 2. The largest absolute Gasteiger partial charge is 0.419 e. The molecule has 0 unspecified atom stereocenters. The SMILES string of the molecule is Cn1c(=O)oc2ccc(NC(=O)C3(CO)CC3)cc21. The number of nitrogens with one attached hydrogen (secondary N) is 1. The number of aliphatic hydroxyl groups is 1. The molecule has 1 heterocycles. The quantitative estimate of drug-likeness (QED) is 0.858. The molecule has 0 saturated heterocycles. The first-order chi connectivity index (χ1) is 9.05. The van der Waals surface area contributed by atoms with Crippen molar-refractivity contribution in [1.82, 2.24) is 4.57 Å². The monoisotopic (exact) mass is 262 g/mol. The Labute approximate surface area is 108 Å². The Kier molecular flexibility index (Phi) is 2.50. The summed E-state index contributed by atoms with van der Waals surface area (Å²) in [6.45, 7) is -0.134. The number of hydrogen-bond acceptors (Lipinski definition) is 4. The van der Waals surface area contributed by atoms with Crippen LogP contribution >= 0.6 is 0 Å². The summed E-state index contributed by atoms with van der Waals surface area (Å²) in [6.07, 6.45) is 1.42. The number of amides is 1. The maximum Gasteiger partial charge on any atom is 0.419 e. The molecule has 0 atom stereocenters. The molecule has 0 bridgehead atoms. The van der Waals surface area contributed by atoms with Crippen molar-refractivity contribution in [1.29, 1.82) is 0 Å². The van der Waals surface area contributed by atoms with Gasteiger partial charge in [-0.05, 0) is 31.0 Å². The van der Waals surface area contributed by atoms with Crippen LogP contribution in [0.1, 0.15) is 12.8 Å². The predicted molar refractivity (Wildman–Crippen MR) is 68.8 cm³/mol. The summed E-state index contributed by atoms with van der Waals surface area (Å²) in [5.41, 5.74) is 1.08. The Morgan fingerprint density at radius 2 is 2.26 bits per heavy atom. The van der Waals surface area contributed by atoms with Gasteiger partial charge in [-0.15, -0.1) is 0 Å². The van der Waals surface area contributed by atoms with Crippen molar-refractivity contribution in [2.45, 2.75) is 12.8 Å². The Bertz CT molecular complexity index is 709. The lowest BCUT2D eigenvalue weighted by Gasteiger charge is -2.12. The molecule has 1 aliphatic rings. The van der Waals surface area contributed by atoms with E-state index in [2.05, 4.69) is 5.32 Å². The number of benzene rings is 1. The molecular formula is C13H14N2O4. The maximum atomic E-state index is 12.0. The third-order valence-corrected chi connectivity index (χ3v) is 3.69. The molecule has 0 spiro atoms. The van der Waals surface area contributed by atoms with E-state index in [0.717, 1.165) is 0 Å².